The van der Waals surface area contributed by atoms with E-state index in [0.717, 1.165) is 37.8 Å². The summed E-state index contributed by atoms with van der Waals surface area (Å²) in [5.74, 6) is -0.924. The van der Waals surface area contributed by atoms with Crippen LogP contribution in [-0.4, -0.2) is 36.5 Å². The van der Waals surface area contributed by atoms with E-state index in [-0.39, 0.29) is 17.5 Å². The van der Waals surface area contributed by atoms with Gasteiger partial charge in [-0.05, 0) is 37.5 Å². The Morgan fingerprint density at radius 1 is 1.15 bits per heavy atom. The van der Waals surface area contributed by atoms with Crippen LogP contribution < -0.4 is 0 Å². The molecule has 2 rings (SSSR count). The Morgan fingerprint density at radius 2 is 1.85 bits per heavy atom. The molecule has 1 aromatic rings. The number of likely N-dealkylation sites (tertiary alicyclic amines) is 1. The maximum Gasteiger partial charge on any atom is 0.416 e. The molecule has 0 aromatic heterocycles. The van der Waals surface area contributed by atoms with Crippen LogP contribution in [0.4, 0.5) is 13.2 Å². The smallest absolute Gasteiger partial charge is 0.416 e. The van der Waals surface area contributed by atoms with Crippen molar-refractivity contribution in [3.05, 3.63) is 35.4 Å². The molecule has 0 radical (unpaired) electrons. The quantitative estimate of drug-likeness (QED) is 0.506. The Kier molecular flexibility index (Phi) is 7.68. The third-order valence-corrected chi connectivity index (χ3v) is 4.79. The summed E-state index contributed by atoms with van der Waals surface area (Å²) >= 11 is 0. The molecule has 0 bridgehead atoms. The van der Waals surface area contributed by atoms with E-state index >= 15 is 0 Å². The third kappa shape index (κ3) is 6.26. The van der Waals surface area contributed by atoms with Crippen LogP contribution >= 0.6 is 0 Å². The summed E-state index contributed by atoms with van der Waals surface area (Å²) < 4.78 is 43.7. The minimum Gasteiger partial charge on any atom is -0.465 e. The number of alkyl halides is 3. The summed E-state index contributed by atoms with van der Waals surface area (Å²) in [6, 6.07) is 4.44. The minimum absolute atomic E-state index is 0.0155. The van der Waals surface area contributed by atoms with Gasteiger partial charge in [-0.1, -0.05) is 32.3 Å². The fourth-order valence-electron chi connectivity index (χ4n) is 3.15. The summed E-state index contributed by atoms with van der Waals surface area (Å²) in [4.78, 5) is 26.1. The Morgan fingerprint density at radius 3 is 2.48 bits per heavy atom. The van der Waals surface area contributed by atoms with Gasteiger partial charge in [0.2, 0.25) is 0 Å². The zero-order valence-electron chi connectivity index (χ0n) is 15.6. The van der Waals surface area contributed by atoms with Crippen LogP contribution in [-0.2, 0) is 15.7 Å². The van der Waals surface area contributed by atoms with Crippen LogP contribution in [0.15, 0.2) is 24.3 Å². The normalized spacial score (nSPS) is 15.6. The van der Waals surface area contributed by atoms with Crippen LogP contribution in [0.5, 0.6) is 0 Å². The monoisotopic (exact) mass is 385 g/mol. The van der Waals surface area contributed by atoms with E-state index < -0.39 is 17.6 Å². The van der Waals surface area contributed by atoms with Crippen molar-refractivity contribution in [3.63, 3.8) is 0 Å². The minimum atomic E-state index is -4.48. The number of benzene rings is 1. The lowest BCUT2D eigenvalue weighted by molar-refractivity contribution is -0.150. The predicted molar refractivity (Wildman–Crippen MR) is 95.2 cm³/mol. The molecule has 1 fully saturated rings. The molecule has 0 unspecified atom stereocenters. The van der Waals surface area contributed by atoms with Gasteiger partial charge >= 0.3 is 12.1 Å². The van der Waals surface area contributed by atoms with E-state index in [2.05, 4.69) is 6.92 Å². The molecule has 1 aromatic carbocycles. The number of unbranched alkanes of at least 4 members (excludes halogenated alkanes) is 3. The second-order valence-electron chi connectivity index (χ2n) is 6.87. The van der Waals surface area contributed by atoms with Gasteiger partial charge in [0.05, 0.1) is 18.1 Å². The summed E-state index contributed by atoms with van der Waals surface area (Å²) in [5.41, 5.74) is -0.823. The molecule has 1 aliphatic rings. The van der Waals surface area contributed by atoms with Gasteiger partial charge < -0.3 is 9.64 Å². The molecule has 0 aliphatic carbocycles. The van der Waals surface area contributed by atoms with E-state index in [1.165, 1.54) is 17.0 Å². The number of carbonyl (C=O) groups excluding carboxylic acids is 2. The topological polar surface area (TPSA) is 46.6 Å². The molecule has 150 valence electrons. The van der Waals surface area contributed by atoms with Crippen molar-refractivity contribution < 1.29 is 27.5 Å². The zero-order valence-corrected chi connectivity index (χ0v) is 15.6. The molecule has 0 saturated carbocycles. The van der Waals surface area contributed by atoms with E-state index in [1.807, 2.05) is 0 Å². The largest absolute Gasteiger partial charge is 0.465 e. The molecule has 7 heteroatoms. The van der Waals surface area contributed by atoms with Gasteiger partial charge in [-0.2, -0.15) is 13.2 Å². The first-order valence-corrected chi connectivity index (χ1v) is 9.46. The third-order valence-electron chi connectivity index (χ3n) is 4.79. The molecular weight excluding hydrogens is 359 g/mol. The van der Waals surface area contributed by atoms with Gasteiger partial charge in [-0.15, -0.1) is 0 Å². The average molecular weight is 385 g/mol. The van der Waals surface area contributed by atoms with Crippen LogP contribution in [0.3, 0.4) is 0 Å². The molecule has 1 saturated heterocycles. The van der Waals surface area contributed by atoms with E-state index in [0.29, 0.717) is 32.5 Å². The van der Waals surface area contributed by atoms with E-state index in [4.69, 9.17) is 4.74 Å². The summed E-state index contributed by atoms with van der Waals surface area (Å²) in [5, 5.41) is 0. The molecule has 0 spiro atoms. The van der Waals surface area contributed by atoms with E-state index in [9.17, 15) is 22.8 Å². The highest BCUT2D eigenvalue weighted by atomic mass is 19.4. The Bertz CT molecular complexity index is 638. The SMILES string of the molecule is CCCCCCOC(=O)C1CCN(C(=O)c2cccc(C(F)(F)F)c2)CC1. The average Bonchev–Trinajstić information content (AvgIpc) is 2.66. The number of carbonyl (C=O) groups is 2. The maximum absolute atomic E-state index is 12.8. The first-order chi connectivity index (χ1) is 12.8. The van der Waals surface area contributed by atoms with Gasteiger partial charge in [0.15, 0.2) is 0 Å². The zero-order chi connectivity index (χ0) is 19.9. The lowest BCUT2D eigenvalue weighted by atomic mass is 9.96. The molecule has 4 nitrogen and oxygen atoms in total. The van der Waals surface area contributed by atoms with Crippen LogP contribution in [0.25, 0.3) is 0 Å². The van der Waals surface area contributed by atoms with Gasteiger partial charge in [0, 0.05) is 18.7 Å². The highest BCUT2D eigenvalue weighted by Gasteiger charge is 2.32. The number of nitrogens with zero attached hydrogens (tertiary/aromatic N) is 1. The molecule has 27 heavy (non-hydrogen) atoms. The van der Waals surface area contributed by atoms with Gasteiger partial charge in [-0.3, -0.25) is 9.59 Å². The number of hydrogen-bond acceptors (Lipinski definition) is 3. The molecule has 0 N–H and O–H groups in total. The fourth-order valence-corrected chi connectivity index (χ4v) is 3.15. The number of halogens is 3. The first kappa shape index (κ1) is 21.3. The standard InChI is InChI=1S/C20H26F3NO3/c1-2-3-4-5-13-27-19(26)15-9-11-24(12-10-15)18(25)16-7-6-8-17(14-16)20(21,22)23/h6-8,14-15H,2-5,9-13H2,1H3. The van der Waals surface area contributed by atoms with Gasteiger partial charge in [0.1, 0.15) is 0 Å². The highest BCUT2D eigenvalue weighted by molar-refractivity contribution is 5.94. The molecular formula is C20H26F3NO3. The Hall–Kier alpha value is -2.05. The van der Waals surface area contributed by atoms with Crippen molar-refractivity contribution in [2.24, 2.45) is 5.92 Å². The number of ether oxygens (including phenoxy) is 1. The van der Waals surface area contributed by atoms with E-state index in [1.54, 1.807) is 0 Å². The number of hydrogen-bond donors (Lipinski definition) is 0. The fraction of sp³-hybridized carbons (Fsp3) is 0.600. The van der Waals surface area contributed by atoms with Gasteiger partial charge in [-0.25, -0.2) is 0 Å². The number of amides is 1. The Labute approximate surface area is 157 Å². The highest BCUT2D eigenvalue weighted by Crippen LogP contribution is 2.30. The van der Waals surface area contributed by atoms with Crippen LogP contribution in [0, 0.1) is 5.92 Å². The summed E-state index contributed by atoms with van der Waals surface area (Å²) in [6.45, 7) is 3.21. The van der Waals surface area contributed by atoms with Crippen molar-refractivity contribution in [3.8, 4) is 0 Å². The van der Waals surface area contributed by atoms with Crippen LogP contribution in [0.1, 0.15) is 61.4 Å². The van der Waals surface area contributed by atoms with Crippen LogP contribution in [0.2, 0.25) is 0 Å². The number of esters is 1. The van der Waals surface area contributed by atoms with Gasteiger partial charge in [0.25, 0.3) is 5.91 Å². The summed E-state index contributed by atoms with van der Waals surface area (Å²) in [7, 11) is 0. The predicted octanol–water partition coefficient (Wildman–Crippen LogP) is 4.68. The maximum atomic E-state index is 12.8. The lowest BCUT2D eigenvalue weighted by Gasteiger charge is -2.31. The second-order valence-corrected chi connectivity index (χ2v) is 6.87. The molecule has 1 aliphatic heterocycles. The molecule has 1 amide bonds. The first-order valence-electron chi connectivity index (χ1n) is 9.46. The van der Waals surface area contributed by atoms with Crippen molar-refractivity contribution in [1.29, 1.82) is 0 Å². The Balaban J connectivity index is 1.83. The van der Waals surface area contributed by atoms with Crippen molar-refractivity contribution in [1.82, 2.24) is 4.90 Å². The van der Waals surface area contributed by atoms with Crippen molar-refractivity contribution in [2.45, 2.75) is 51.6 Å². The van der Waals surface area contributed by atoms with Crippen molar-refractivity contribution in [2.75, 3.05) is 19.7 Å². The lowest BCUT2D eigenvalue weighted by Crippen LogP contribution is -2.40. The number of piperidine rings is 1. The number of rotatable bonds is 7. The van der Waals surface area contributed by atoms with Crippen molar-refractivity contribution >= 4 is 11.9 Å². The summed E-state index contributed by atoms with van der Waals surface area (Å²) in [6.07, 6.45) is 0.585. The molecule has 0 atom stereocenters. The second kappa shape index (κ2) is 9.76. The molecule has 1 heterocycles.